The standard InChI is InChI=1S/C18H15N3O3S2/c1-13-11-14(24-20-13)12-21(26(22,23)15-7-3-2-4-8-15)18-19-16-9-5-6-10-17(16)25-18/h2-11H,12H2,1H3. The summed E-state index contributed by atoms with van der Waals surface area (Å²) in [7, 11) is -3.80. The monoisotopic (exact) mass is 385 g/mol. The minimum absolute atomic E-state index is 0.0257. The number of benzene rings is 2. The van der Waals surface area contributed by atoms with Gasteiger partial charge in [-0.05, 0) is 31.2 Å². The minimum atomic E-state index is -3.80. The number of fused-ring (bicyclic) bond motifs is 1. The zero-order valence-corrected chi connectivity index (χ0v) is 15.5. The molecule has 2 aromatic heterocycles. The highest BCUT2D eigenvalue weighted by molar-refractivity contribution is 7.93. The molecule has 0 bridgehead atoms. The van der Waals surface area contributed by atoms with E-state index in [2.05, 4.69) is 10.1 Å². The molecule has 6 nitrogen and oxygen atoms in total. The van der Waals surface area contributed by atoms with Crippen LogP contribution in [-0.4, -0.2) is 18.6 Å². The lowest BCUT2D eigenvalue weighted by atomic mass is 10.3. The van der Waals surface area contributed by atoms with Crippen LogP contribution in [0.2, 0.25) is 0 Å². The third-order valence-electron chi connectivity index (χ3n) is 3.80. The first kappa shape index (κ1) is 16.7. The number of thiazole rings is 1. The topological polar surface area (TPSA) is 76.3 Å². The van der Waals surface area contributed by atoms with Crippen molar-refractivity contribution in [2.24, 2.45) is 0 Å². The second-order valence-electron chi connectivity index (χ2n) is 5.72. The van der Waals surface area contributed by atoms with Gasteiger partial charge in [-0.2, -0.15) is 0 Å². The van der Waals surface area contributed by atoms with Crippen LogP contribution in [0.25, 0.3) is 10.2 Å². The highest BCUT2D eigenvalue weighted by atomic mass is 32.2. The zero-order valence-electron chi connectivity index (χ0n) is 13.9. The summed E-state index contributed by atoms with van der Waals surface area (Å²) in [5, 5.41) is 4.24. The molecule has 0 aliphatic heterocycles. The largest absolute Gasteiger partial charge is 0.359 e. The Hall–Kier alpha value is -2.71. The quantitative estimate of drug-likeness (QED) is 0.519. The second kappa shape index (κ2) is 6.54. The van der Waals surface area contributed by atoms with E-state index in [0.717, 1.165) is 10.2 Å². The predicted molar refractivity (Wildman–Crippen MR) is 101 cm³/mol. The van der Waals surface area contributed by atoms with Gasteiger partial charge < -0.3 is 4.52 Å². The fraction of sp³-hybridized carbons (Fsp3) is 0.111. The van der Waals surface area contributed by atoms with Crippen LogP contribution in [-0.2, 0) is 16.6 Å². The Morgan fingerprint density at radius 1 is 1.08 bits per heavy atom. The van der Waals surface area contributed by atoms with Crippen molar-refractivity contribution >= 4 is 36.7 Å². The summed E-state index contributed by atoms with van der Waals surface area (Å²) in [4.78, 5) is 4.72. The van der Waals surface area contributed by atoms with Gasteiger partial charge >= 0.3 is 0 Å². The van der Waals surface area contributed by atoms with Crippen LogP contribution in [0, 0.1) is 6.92 Å². The molecule has 0 radical (unpaired) electrons. The molecule has 26 heavy (non-hydrogen) atoms. The van der Waals surface area contributed by atoms with Gasteiger partial charge in [-0.1, -0.05) is 46.8 Å². The third kappa shape index (κ3) is 3.09. The van der Waals surface area contributed by atoms with Gasteiger partial charge in [-0.3, -0.25) is 0 Å². The molecule has 0 saturated heterocycles. The van der Waals surface area contributed by atoms with E-state index in [1.54, 1.807) is 43.3 Å². The minimum Gasteiger partial charge on any atom is -0.359 e. The Morgan fingerprint density at radius 3 is 2.50 bits per heavy atom. The summed E-state index contributed by atoms with van der Waals surface area (Å²) in [5.74, 6) is 0.460. The first-order valence-electron chi connectivity index (χ1n) is 7.89. The number of hydrogen-bond donors (Lipinski definition) is 0. The summed E-state index contributed by atoms with van der Waals surface area (Å²) in [5.41, 5.74) is 1.45. The van der Waals surface area contributed by atoms with Gasteiger partial charge in [0.25, 0.3) is 10.0 Å². The van der Waals surface area contributed by atoms with E-state index < -0.39 is 10.0 Å². The first-order chi connectivity index (χ1) is 12.5. The van der Waals surface area contributed by atoms with Crippen molar-refractivity contribution in [1.29, 1.82) is 0 Å². The van der Waals surface area contributed by atoms with Crippen LogP contribution in [0.15, 0.2) is 70.1 Å². The third-order valence-corrected chi connectivity index (χ3v) is 6.73. The van der Waals surface area contributed by atoms with Crippen molar-refractivity contribution in [3.05, 3.63) is 72.1 Å². The molecule has 0 atom stereocenters. The van der Waals surface area contributed by atoms with Gasteiger partial charge in [0, 0.05) is 6.07 Å². The van der Waals surface area contributed by atoms with Crippen molar-refractivity contribution in [3.8, 4) is 0 Å². The number of rotatable bonds is 5. The molecule has 2 aromatic carbocycles. The Kier molecular flexibility index (Phi) is 4.21. The lowest BCUT2D eigenvalue weighted by Crippen LogP contribution is -2.30. The average Bonchev–Trinajstić information content (AvgIpc) is 3.25. The molecule has 0 aliphatic rings. The van der Waals surface area contributed by atoms with E-state index in [-0.39, 0.29) is 11.4 Å². The van der Waals surface area contributed by atoms with Gasteiger partial charge in [0.1, 0.15) is 0 Å². The predicted octanol–water partition coefficient (Wildman–Crippen LogP) is 3.99. The molecular formula is C18H15N3O3S2. The Balaban J connectivity index is 1.83. The van der Waals surface area contributed by atoms with Crippen LogP contribution in [0.4, 0.5) is 5.13 Å². The molecule has 0 fully saturated rings. The molecule has 4 aromatic rings. The molecule has 8 heteroatoms. The maximum Gasteiger partial charge on any atom is 0.266 e. The number of hydrogen-bond acceptors (Lipinski definition) is 6. The molecule has 0 saturated carbocycles. The molecular weight excluding hydrogens is 370 g/mol. The molecule has 0 unspecified atom stereocenters. The number of para-hydroxylation sites is 1. The van der Waals surface area contributed by atoms with Crippen molar-refractivity contribution in [2.45, 2.75) is 18.4 Å². The summed E-state index contributed by atoms with van der Waals surface area (Å²) >= 11 is 1.33. The highest BCUT2D eigenvalue weighted by Gasteiger charge is 2.29. The lowest BCUT2D eigenvalue weighted by molar-refractivity contribution is 0.381. The van der Waals surface area contributed by atoms with Crippen LogP contribution >= 0.6 is 11.3 Å². The van der Waals surface area contributed by atoms with E-state index in [9.17, 15) is 8.42 Å². The fourth-order valence-electron chi connectivity index (χ4n) is 2.57. The maximum atomic E-state index is 13.3. The fourth-order valence-corrected chi connectivity index (χ4v) is 5.15. The van der Waals surface area contributed by atoms with Crippen LogP contribution in [0.3, 0.4) is 0 Å². The van der Waals surface area contributed by atoms with E-state index in [0.29, 0.717) is 16.6 Å². The number of anilines is 1. The SMILES string of the molecule is Cc1cc(CN(c2nc3ccccc3s2)S(=O)(=O)c2ccccc2)on1. The molecule has 0 aliphatic carbocycles. The van der Waals surface area contributed by atoms with Crippen molar-refractivity contribution in [1.82, 2.24) is 10.1 Å². The second-order valence-corrected chi connectivity index (χ2v) is 8.59. The average molecular weight is 385 g/mol. The smallest absolute Gasteiger partial charge is 0.266 e. The molecule has 2 heterocycles. The maximum absolute atomic E-state index is 13.3. The van der Waals surface area contributed by atoms with Gasteiger partial charge in [0.05, 0.1) is 27.4 Å². The van der Waals surface area contributed by atoms with Crippen LogP contribution in [0.1, 0.15) is 11.5 Å². The van der Waals surface area contributed by atoms with Crippen LogP contribution in [0.5, 0.6) is 0 Å². The molecule has 0 spiro atoms. The number of sulfonamides is 1. The Labute approximate surface area is 154 Å². The molecule has 132 valence electrons. The van der Waals surface area contributed by atoms with Gasteiger partial charge in [0.2, 0.25) is 5.13 Å². The van der Waals surface area contributed by atoms with E-state index >= 15 is 0 Å². The number of aromatic nitrogens is 2. The zero-order chi connectivity index (χ0) is 18.1. The van der Waals surface area contributed by atoms with Gasteiger partial charge in [0.15, 0.2) is 5.76 Å². The molecule has 0 N–H and O–H groups in total. The molecule has 0 amide bonds. The number of nitrogens with zero attached hydrogens (tertiary/aromatic N) is 3. The number of aryl methyl sites for hydroxylation is 1. The summed E-state index contributed by atoms with van der Waals surface area (Å²) in [6.07, 6.45) is 0. The van der Waals surface area contributed by atoms with Crippen molar-refractivity contribution < 1.29 is 12.9 Å². The first-order valence-corrected chi connectivity index (χ1v) is 10.2. The van der Waals surface area contributed by atoms with Crippen molar-refractivity contribution in [3.63, 3.8) is 0 Å². The summed E-state index contributed by atoms with van der Waals surface area (Å²) in [6, 6.07) is 17.6. The van der Waals surface area contributed by atoms with E-state index in [1.165, 1.54) is 15.6 Å². The lowest BCUT2D eigenvalue weighted by Gasteiger charge is -2.20. The Morgan fingerprint density at radius 2 is 1.81 bits per heavy atom. The summed E-state index contributed by atoms with van der Waals surface area (Å²) in [6.45, 7) is 1.82. The van der Waals surface area contributed by atoms with Crippen molar-refractivity contribution in [2.75, 3.05) is 4.31 Å². The Bertz CT molecular complexity index is 1120. The van der Waals surface area contributed by atoms with E-state index in [1.807, 2.05) is 24.3 Å². The normalized spacial score (nSPS) is 11.7. The van der Waals surface area contributed by atoms with Crippen LogP contribution < -0.4 is 4.31 Å². The van der Waals surface area contributed by atoms with Gasteiger partial charge in [-0.15, -0.1) is 0 Å². The van der Waals surface area contributed by atoms with Gasteiger partial charge in [-0.25, -0.2) is 17.7 Å². The van der Waals surface area contributed by atoms with E-state index in [4.69, 9.17) is 4.52 Å². The summed E-state index contributed by atoms with van der Waals surface area (Å²) < 4.78 is 33.9. The highest BCUT2D eigenvalue weighted by Crippen LogP contribution is 2.33. The molecule has 4 rings (SSSR count).